The summed E-state index contributed by atoms with van der Waals surface area (Å²) in [5.74, 6) is 1.16. The van der Waals surface area contributed by atoms with Crippen LogP contribution in [0.25, 0.3) is 0 Å². The van der Waals surface area contributed by atoms with Gasteiger partial charge in [-0.15, -0.1) is 11.8 Å². The largest absolute Gasteiger partial charge is 0.497 e. The summed E-state index contributed by atoms with van der Waals surface area (Å²) in [5.41, 5.74) is 2.01. The molecule has 1 fully saturated rings. The second kappa shape index (κ2) is 12.4. The van der Waals surface area contributed by atoms with Gasteiger partial charge in [0.05, 0.1) is 30.3 Å². The maximum Gasteiger partial charge on any atom is 0.313 e. The maximum atomic E-state index is 12.3. The molecular weight excluding hydrogens is 424 g/mol. The smallest absolute Gasteiger partial charge is 0.313 e. The fraction of sp³-hybridized carbons (Fsp3) is 0.545. The van der Waals surface area contributed by atoms with Gasteiger partial charge in [0.2, 0.25) is 0 Å². The number of aliphatic carboxylic acids is 1. The second-order valence-electron chi connectivity index (χ2n) is 7.42. The van der Waals surface area contributed by atoms with Gasteiger partial charge in [-0.3, -0.25) is 9.59 Å². The molecule has 1 aliphatic carbocycles. The van der Waals surface area contributed by atoms with E-state index in [1.54, 1.807) is 19.3 Å². The summed E-state index contributed by atoms with van der Waals surface area (Å²) < 4.78 is 5.27. The molecule has 166 valence electrons. The standard InChI is InChI=1S/C22H30O6S2/c1-14-8-15(11-17(9-14)28-2)10-16(23)4-5-18-19(24)12-20(25)22(18)30-7-3-6-29-13-21(26)27/h4-5,8-9,11,16,18-19,22-24H,3,6-7,10,12-13H2,1-2H3,(H,26,27)/t16?,18-,19?,22?/m0/s1. The molecule has 2 rings (SSSR count). The Morgan fingerprint density at radius 2 is 2.10 bits per heavy atom. The molecule has 1 aromatic carbocycles. The molecule has 3 N–H and O–H groups in total. The van der Waals surface area contributed by atoms with Crippen LogP contribution in [0, 0.1) is 12.8 Å². The van der Waals surface area contributed by atoms with E-state index >= 15 is 0 Å². The minimum atomic E-state index is -0.824. The molecule has 4 atom stereocenters. The number of ether oxygens (including phenoxy) is 1. The quantitative estimate of drug-likeness (QED) is 0.327. The molecule has 1 aliphatic rings. The van der Waals surface area contributed by atoms with Crippen molar-refractivity contribution in [3.8, 4) is 5.75 Å². The van der Waals surface area contributed by atoms with Crippen LogP contribution in [0.2, 0.25) is 0 Å². The van der Waals surface area contributed by atoms with Gasteiger partial charge in [-0.1, -0.05) is 18.2 Å². The zero-order valence-electron chi connectivity index (χ0n) is 17.3. The Hall–Kier alpha value is -1.48. The number of hydrogen-bond acceptors (Lipinski definition) is 7. The van der Waals surface area contributed by atoms with E-state index in [4.69, 9.17) is 9.84 Å². The number of aryl methyl sites for hydroxylation is 1. The number of methoxy groups -OCH3 is 1. The zero-order chi connectivity index (χ0) is 22.1. The van der Waals surface area contributed by atoms with Gasteiger partial charge < -0.3 is 20.1 Å². The Labute approximate surface area is 186 Å². The Morgan fingerprint density at radius 3 is 2.80 bits per heavy atom. The molecule has 3 unspecified atom stereocenters. The van der Waals surface area contributed by atoms with Crippen molar-refractivity contribution in [2.24, 2.45) is 5.92 Å². The molecule has 0 spiro atoms. The molecule has 0 aliphatic heterocycles. The average molecular weight is 455 g/mol. The number of aliphatic hydroxyl groups excluding tert-OH is 2. The second-order valence-corrected chi connectivity index (χ2v) is 9.78. The molecule has 0 bridgehead atoms. The molecule has 30 heavy (non-hydrogen) atoms. The molecule has 6 nitrogen and oxygen atoms in total. The van der Waals surface area contributed by atoms with Crippen LogP contribution in [0.4, 0.5) is 0 Å². The summed E-state index contributed by atoms with van der Waals surface area (Å²) in [5, 5.41) is 29.0. The van der Waals surface area contributed by atoms with Gasteiger partial charge in [-0.2, -0.15) is 11.8 Å². The number of aliphatic hydroxyl groups is 2. The van der Waals surface area contributed by atoms with E-state index in [0.717, 1.165) is 34.8 Å². The van der Waals surface area contributed by atoms with Crippen LogP contribution in [-0.4, -0.2) is 68.9 Å². The molecule has 8 heteroatoms. The van der Waals surface area contributed by atoms with Crippen LogP contribution in [0.5, 0.6) is 5.75 Å². The van der Waals surface area contributed by atoms with Crippen molar-refractivity contribution >= 4 is 35.3 Å². The van der Waals surface area contributed by atoms with Gasteiger partial charge in [0.25, 0.3) is 0 Å². The van der Waals surface area contributed by atoms with Gasteiger partial charge in [0.15, 0.2) is 0 Å². The summed E-state index contributed by atoms with van der Waals surface area (Å²) in [6, 6.07) is 5.81. The summed E-state index contributed by atoms with van der Waals surface area (Å²) in [6.45, 7) is 1.97. The molecule has 0 saturated heterocycles. The minimum absolute atomic E-state index is 0.0262. The molecule has 0 radical (unpaired) electrons. The van der Waals surface area contributed by atoms with E-state index in [2.05, 4.69) is 0 Å². The van der Waals surface area contributed by atoms with Crippen molar-refractivity contribution in [1.82, 2.24) is 0 Å². The van der Waals surface area contributed by atoms with Crippen LogP contribution in [0.3, 0.4) is 0 Å². The van der Waals surface area contributed by atoms with Gasteiger partial charge in [0, 0.05) is 18.8 Å². The molecule has 1 saturated carbocycles. The molecule has 0 amide bonds. The first kappa shape index (κ1) is 24.8. The number of Topliss-reactive ketones (excluding diaryl/α,β-unsaturated/α-hetero) is 1. The lowest BCUT2D eigenvalue weighted by molar-refractivity contribution is -0.133. The highest BCUT2D eigenvalue weighted by atomic mass is 32.2. The first-order valence-electron chi connectivity index (χ1n) is 9.93. The number of benzene rings is 1. The number of carboxylic acids is 1. The predicted octanol–water partition coefficient (Wildman–Crippen LogP) is 2.72. The number of thioether (sulfide) groups is 2. The normalized spacial score (nSPS) is 22.5. The van der Waals surface area contributed by atoms with Crippen LogP contribution in [-0.2, 0) is 16.0 Å². The highest BCUT2D eigenvalue weighted by molar-refractivity contribution is 8.01. The fourth-order valence-corrected chi connectivity index (χ4v) is 5.66. The zero-order valence-corrected chi connectivity index (χ0v) is 19.0. The van der Waals surface area contributed by atoms with E-state index in [1.165, 1.54) is 23.5 Å². The lowest BCUT2D eigenvalue weighted by Crippen LogP contribution is -2.22. The number of carbonyl (C=O) groups excluding carboxylic acids is 1. The van der Waals surface area contributed by atoms with Crippen LogP contribution in [0.1, 0.15) is 24.0 Å². The van der Waals surface area contributed by atoms with E-state index in [9.17, 15) is 19.8 Å². The van der Waals surface area contributed by atoms with E-state index < -0.39 is 18.2 Å². The number of rotatable bonds is 12. The summed E-state index contributed by atoms with van der Waals surface area (Å²) >= 11 is 2.87. The van der Waals surface area contributed by atoms with Gasteiger partial charge >= 0.3 is 5.97 Å². The van der Waals surface area contributed by atoms with Crippen molar-refractivity contribution in [3.63, 3.8) is 0 Å². The summed E-state index contributed by atoms with van der Waals surface area (Å²) in [4.78, 5) is 22.8. The van der Waals surface area contributed by atoms with Gasteiger partial charge in [0.1, 0.15) is 11.5 Å². The summed E-state index contributed by atoms with van der Waals surface area (Å²) in [7, 11) is 1.61. The van der Waals surface area contributed by atoms with E-state index in [-0.39, 0.29) is 29.1 Å². The van der Waals surface area contributed by atoms with E-state index in [1.807, 2.05) is 25.1 Å². The minimum Gasteiger partial charge on any atom is -0.497 e. The lowest BCUT2D eigenvalue weighted by Gasteiger charge is -2.18. The van der Waals surface area contributed by atoms with Gasteiger partial charge in [-0.05, 0) is 48.1 Å². The Morgan fingerprint density at radius 1 is 1.33 bits per heavy atom. The molecule has 1 aromatic rings. The lowest BCUT2D eigenvalue weighted by atomic mass is 10.0. The monoisotopic (exact) mass is 454 g/mol. The van der Waals surface area contributed by atoms with Crippen LogP contribution >= 0.6 is 23.5 Å². The third-order valence-electron chi connectivity index (χ3n) is 4.82. The first-order chi connectivity index (χ1) is 14.3. The van der Waals surface area contributed by atoms with Crippen LogP contribution < -0.4 is 4.74 Å². The van der Waals surface area contributed by atoms with Crippen molar-refractivity contribution in [2.75, 3.05) is 24.4 Å². The molecule has 0 aromatic heterocycles. The predicted molar refractivity (Wildman–Crippen MR) is 122 cm³/mol. The topological polar surface area (TPSA) is 104 Å². The average Bonchev–Trinajstić information content (AvgIpc) is 2.94. The number of ketones is 1. The SMILES string of the molecule is COc1cc(C)cc(CC(O)C=C[C@H]2C(O)CC(=O)C2SCCCSCC(=O)O)c1. The van der Waals surface area contributed by atoms with E-state index in [0.29, 0.717) is 6.42 Å². The molecular formula is C22H30O6S2. The maximum absolute atomic E-state index is 12.3. The van der Waals surface area contributed by atoms with Gasteiger partial charge in [-0.25, -0.2) is 0 Å². The van der Waals surface area contributed by atoms with Crippen molar-refractivity contribution in [3.05, 3.63) is 41.5 Å². The van der Waals surface area contributed by atoms with Crippen molar-refractivity contribution < 1.29 is 29.6 Å². The van der Waals surface area contributed by atoms with Crippen molar-refractivity contribution in [2.45, 2.75) is 43.6 Å². The molecule has 0 heterocycles. The Balaban J connectivity index is 1.88. The third kappa shape index (κ3) is 7.98. The fourth-order valence-electron chi connectivity index (χ4n) is 3.47. The van der Waals surface area contributed by atoms with Crippen molar-refractivity contribution in [1.29, 1.82) is 0 Å². The Kier molecular flexibility index (Phi) is 10.2. The third-order valence-corrected chi connectivity index (χ3v) is 7.31. The summed E-state index contributed by atoms with van der Waals surface area (Å²) in [6.07, 6.45) is 3.32. The first-order valence-corrected chi connectivity index (χ1v) is 12.1. The van der Waals surface area contributed by atoms with Crippen LogP contribution in [0.15, 0.2) is 30.4 Å². The number of carboxylic acid groups (broad SMARTS) is 1. The number of carbonyl (C=O) groups is 2. The highest BCUT2D eigenvalue weighted by Gasteiger charge is 2.40. The number of hydrogen-bond donors (Lipinski definition) is 3. The highest BCUT2D eigenvalue weighted by Crippen LogP contribution is 2.34. The Bertz CT molecular complexity index is 751.